The number of nitrogens with zero attached hydrogens (tertiary/aromatic N) is 4. The third-order valence-electron chi connectivity index (χ3n) is 5.52. The van der Waals surface area contributed by atoms with Crippen LogP contribution in [0.15, 0.2) is 18.3 Å². The molecule has 2 N–H and O–H groups in total. The number of ether oxygens (including phenoxy) is 1. The lowest BCUT2D eigenvalue weighted by molar-refractivity contribution is -0.137. The van der Waals surface area contributed by atoms with Gasteiger partial charge in [0.2, 0.25) is 10.0 Å². The van der Waals surface area contributed by atoms with Crippen molar-refractivity contribution in [2.45, 2.75) is 37.5 Å². The van der Waals surface area contributed by atoms with Crippen LogP contribution < -0.4 is 10.6 Å². The molecule has 30 heavy (non-hydrogen) atoms. The van der Waals surface area contributed by atoms with Gasteiger partial charge in [-0.15, -0.1) is 0 Å². The summed E-state index contributed by atoms with van der Waals surface area (Å²) < 4.78 is 72.3. The molecule has 2 atom stereocenters. The Hall–Kier alpha value is -1.47. The molecule has 3 heterocycles. The van der Waals surface area contributed by atoms with Crippen molar-refractivity contribution < 1.29 is 26.3 Å². The summed E-state index contributed by atoms with van der Waals surface area (Å²) in [5.41, 5.74) is 4.70. The summed E-state index contributed by atoms with van der Waals surface area (Å²) in [7, 11) is -3.60. The highest BCUT2D eigenvalue weighted by atomic mass is 32.2. The number of nitrogens with two attached hydrogens (primary N) is 1. The number of piperazine rings is 1. The van der Waals surface area contributed by atoms with Gasteiger partial charge in [-0.3, -0.25) is 4.90 Å². The molecule has 2 aliphatic heterocycles. The molecule has 1 aromatic heterocycles. The predicted octanol–water partition coefficient (Wildman–Crippen LogP) is 1.30. The van der Waals surface area contributed by atoms with Gasteiger partial charge in [0.15, 0.2) is 0 Å². The Morgan fingerprint density at radius 3 is 2.60 bits per heavy atom. The lowest BCUT2D eigenvalue weighted by atomic mass is 10.2. The molecule has 12 heteroatoms. The second kappa shape index (κ2) is 9.35. The van der Waals surface area contributed by atoms with Crippen molar-refractivity contribution in [3.05, 3.63) is 23.9 Å². The molecular weight excluding hydrogens is 423 g/mol. The zero-order valence-corrected chi connectivity index (χ0v) is 17.7. The van der Waals surface area contributed by atoms with Crippen molar-refractivity contribution in [2.75, 3.05) is 50.8 Å². The molecule has 170 valence electrons. The van der Waals surface area contributed by atoms with Crippen LogP contribution in [0.5, 0.6) is 0 Å². The molecule has 0 saturated carbocycles. The summed E-state index contributed by atoms with van der Waals surface area (Å²) in [6.07, 6.45) is -2.40. The first-order valence-corrected chi connectivity index (χ1v) is 11.5. The van der Waals surface area contributed by atoms with Gasteiger partial charge >= 0.3 is 6.18 Å². The third kappa shape index (κ3) is 5.05. The van der Waals surface area contributed by atoms with E-state index in [2.05, 4.69) is 4.98 Å². The molecule has 8 nitrogen and oxygen atoms in total. The Kier molecular flexibility index (Phi) is 7.23. The molecule has 2 aliphatic rings. The molecule has 0 radical (unpaired) electrons. The molecule has 0 amide bonds. The van der Waals surface area contributed by atoms with Gasteiger partial charge < -0.3 is 15.4 Å². The SMILES string of the molecule is CC(OCCN)N1CCCC1S(=O)(=O)N1CCN(c2cc(C(F)(F)F)ccn2)CC1. The number of hydrogen-bond donors (Lipinski definition) is 1. The average Bonchev–Trinajstić information content (AvgIpc) is 3.22. The van der Waals surface area contributed by atoms with Crippen molar-refractivity contribution >= 4 is 15.8 Å². The van der Waals surface area contributed by atoms with Gasteiger partial charge in [-0.1, -0.05) is 0 Å². The van der Waals surface area contributed by atoms with Gasteiger partial charge in [-0.2, -0.15) is 17.5 Å². The van der Waals surface area contributed by atoms with Gasteiger partial charge in [0.1, 0.15) is 17.4 Å². The van der Waals surface area contributed by atoms with E-state index in [1.165, 1.54) is 4.31 Å². The van der Waals surface area contributed by atoms with E-state index >= 15 is 0 Å². The summed E-state index contributed by atoms with van der Waals surface area (Å²) in [4.78, 5) is 7.55. The predicted molar refractivity (Wildman–Crippen MR) is 106 cm³/mol. The van der Waals surface area contributed by atoms with Gasteiger partial charge in [0, 0.05) is 45.5 Å². The van der Waals surface area contributed by atoms with E-state index in [0.29, 0.717) is 26.1 Å². The number of sulfonamides is 1. The minimum Gasteiger partial charge on any atom is -0.362 e. The molecule has 0 aliphatic carbocycles. The Bertz CT molecular complexity index is 816. The minimum atomic E-state index is -4.45. The Balaban J connectivity index is 1.65. The Morgan fingerprint density at radius 1 is 1.27 bits per heavy atom. The van der Waals surface area contributed by atoms with Crippen LogP contribution in [-0.2, 0) is 20.9 Å². The van der Waals surface area contributed by atoms with E-state index in [4.69, 9.17) is 10.5 Å². The lowest BCUT2D eigenvalue weighted by Crippen LogP contribution is -2.54. The Labute approximate surface area is 174 Å². The molecular formula is C18H28F3N5O3S. The van der Waals surface area contributed by atoms with Crippen molar-refractivity contribution in [1.29, 1.82) is 0 Å². The van der Waals surface area contributed by atoms with Gasteiger partial charge in [-0.05, 0) is 31.9 Å². The lowest BCUT2D eigenvalue weighted by Gasteiger charge is -2.38. The number of pyridine rings is 1. The Morgan fingerprint density at radius 2 is 1.97 bits per heavy atom. The zero-order chi connectivity index (χ0) is 21.9. The van der Waals surface area contributed by atoms with Crippen molar-refractivity contribution in [1.82, 2.24) is 14.2 Å². The molecule has 3 rings (SSSR count). The second-order valence-corrected chi connectivity index (χ2v) is 9.52. The second-order valence-electron chi connectivity index (χ2n) is 7.42. The fourth-order valence-corrected chi connectivity index (χ4v) is 6.04. The summed E-state index contributed by atoms with van der Waals surface area (Å²) in [5.74, 6) is 0.202. The van der Waals surface area contributed by atoms with Gasteiger partial charge in [-0.25, -0.2) is 13.4 Å². The highest BCUT2D eigenvalue weighted by Crippen LogP contribution is 2.32. The summed E-state index contributed by atoms with van der Waals surface area (Å²) >= 11 is 0. The fourth-order valence-electron chi connectivity index (χ4n) is 3.94. The molecule has 1 aromatic rings. The molecule has 0 aromatic carbocycles. The number of aromatic nitrogens is 1. The first-order valence-electron chi connectivity index (χ1n) is 9.99. The quantitative estimate of drug-likeness (QED) is 0.668. The molecule has 0 bridgehead atoms. The third-order valence-corrected chi connectivity index (χ3v) is 7.80. The van der Waals surface area contributed by atoms with Crippen LogP contribution in [0.2, 0.25) is 0 Å². The highest BCUT2D eigenvalue weighted by Gasteiger charge is 2.42. The smallest absolute Gasteiger partial charge is 0.362 e. The van der Waals surface area contributed by atoms with Crippen LogP contribution in [0.3, 0.4) is 0 Å². The van der Waals surface area contributed by atoms with Crippen molar-refractivity contribution in [3.63, 3.8) is 0 Å². The number of alkyl halides is 3. The topological polar surface area (TPSA) is 92.0 Å². The zero-order valence-electron chi connectivity index (χ0n) is 16.9. The standard InChI is InChI=1S/C18H28F3N5O3S/c1-14(29-12-5-22)26-7-2-3-17(26)30(27,28)25-10-8-24(9-11-25)16-13-15(4-6-23-16)18(19,20)21/h4,6,13-14,17H,2-3,5,7-12,22H2,1H3. The number of likely N-dealkylation sites (tertiary alicyclic amines) is 1. The van der Waals surface area contributed by atoms with Crippen LogP contribution in [0, 0.1) is 0 Å². The number of anilines is 1. The maximum absolute atomic E-state index is 13.2. The van der Waals surface area contributed by atoms with Crippen molar-refractivity contribution in [2.24, 2.45) is 5.73 Å². The molecule has 2 saturated heterocycles. The van der Waals surface area contributed by atoms with Crippen LogP contribution in [0.4, 0.5) is 19.0 Å². The fraction of sp³-hybridized carbons (Fsp3) is 0.722. The summed E-state index contributed by atoms with van der Waals surface area (Å²) in [5, 5.41) is -0.663. The summed E-state index contributed by atoms with van der Waals surface area (Å²) in [6, 6.07) is 1.92. The van der Waals surface area contributed by atoms with E-state index < -0.39 is 27.1 Å². The van der Waals surface area contributed by atoms with Crippen LogP contribution in [0.25, 0.3) is 0 Å². The molecule has 2 unspecified atom stereocenters. The van der Waals surface area contributed by atoms with Gasteiger partial charge in [0.05, 0.1) is 12.2 Å². The van der Waals surface area contributed by atoms with Crippen molar-refractivity contribution in [3.8, 4) is 0 Å². The first kappa shape index (κ1) is 23.2. The van der Waals surface area contributed by atoms with Gasteiger partial charge in [0.25, 0.3) is 0 Å². The number of rotatable bonds is 7. The van der Waals surface area contributed by atoms with E-state index in [1.54, 1.807) is 4.90 Å². The van der Waals surface area contributed by atoms with E-state index in [9.17, 15) is 21.6 Å². The highest BCUT2D eigenvalue weighted by molar-refractivity contribution is 7.89. The maximum atomic E-state index is 13.2. The monoisotopic (exact) mass is 451 g/mol. The van der Waals surface area contributed by atoms with E-state index in [1.807, 2.05) is 11.8 Å². The minimum absolute atomic E-state index is 0.197. The average molecular weight is 452 g/mol. The summed E-state index contributed by atoms with van der Waals surface area (Å²) in [6.45, 7) is 4.11. The maximum Gasteiger partial charge on any atom is 0.416 e. The molecule has 0 spiro atoms. The van der Waals surface area contributed by atoms with Crippen LogP contribution >= 0.6 is 0 Å². The van der Waals surface area contributed by atoms with Crippen LogP contribution in [0.1, 0.15) is 25.3 Å². The largest absolute Gasteiger partial charge is 0.416 e. The van der Waals surface area contributed by atoms with Crippen LogP contribution in [-0.4, -0.2) is 80.1 Å². The number of hydrogen-bond acceptors (Lipinski definition) is 7. The number of halogens is 3. The molecule has 2 fully saturated rings. The normalized spacial score (nSPS) is 23.1. The van der Waals surface area contributed by atoms with E-state index in [-0.39, 0.29) is 38.2 Å². The van der Waals surface area contributed by atoms with E-state index in [0.717, 1.165) is 24.8 Å². The first-order chi connectivity index (χ1) is 14.1.